The highest BCUT2D eigenvalue weighted by Crippen LogP contribution is 2.41. The molecule has 26 heavy (non-hydrogen) atoms. The van der Waals surface area contributed by atoms with E-state index in [0.717, 1.165) is 43.4 Å². The molecule has 138 valence electrons. The third-order valence-electron chi connectivity index (χ3n) is 6.21. The largest absolute Gasteiger partial charge is 0.480 e. The van der Waals surface area contributed by atoms with Gasteiger partial charge in [0.25, 0.3) is 5.91 Å². The number of aliphatic carboxylic acids is 1. The Morgan fingerprint density at radius 2 is 1.92 bits per heavy atom. The lowest BCUT2D eigenvalue weighted by atomic mass is 9.84. The van der Waals surface area contributed by atoms with Crippen molar-refractivity contribution in [3.05, 3.63) is 29.3 Å². The number of carboxylic acid groups (broad SMARTS) is 1. The van der Waals surface area contributed by atoms with E-state index in [9.17, 15) is 19.5 Å². The second-order valence-corrected chi connectivity index (χ2v) is 7.68. The molecule has 0 bridgehead atoms. The molecule has 1 N–H and O–H groups in total. The summed E-state index contributed by atoms with van der Waals surface area (Å²) in [6.07, 6.45) is 5.36. The Labute approximate surface area is 152 Å². The van der Waals surface area contributed by atoms with Crippen LogP contribution in [0.3, 0.4) is 0 Å². The quantitative estimate of drug-likeness (QED) is 0.883. The topological polar surface area (TPSA) is 77.9 Å². The average molecular weight is 356 g/mol. The van der Waals surface area contributed by atoms with Gasteiger partial charge in [-0.1, -0.05) is 12.8 Å². The maximum absolute atomic E-state index is 13.2. The molecule has 1 aliphatic carbocycles. The van der Waals surface area contributed by atoms with Crippen LogP contribution >= 0.6 is 0 Å². The van der Waals surface area contributed by atoms with Crippen molar-refractivity contribution in [1.29, 1.82) is 0 Å². The van der Waals surface area contributed by atoms with Crippen LogP contribution in [-0.2, 0) is 16.0 Å². The van der Waals surface area contributed by atoms with Crippen molar-refractivity contribution in [2.24, 2.45) is 5.92 Å². The number of fused-ring (bicyclic) bond motifs is 2. The third kappa shape index (κ3) is 2.68. The minimum Gasteiger partial charge on any atom is -0.480 e. The average Bonchev–Trinajstić information content (AvgIpc) is 3.22. The van der Waals surface area contributed by atoms with Crippen LogP contribution < -0.4 is 4.90 Å². The molecule has 3 aliphatic rings. The Morgan fingerprint density at radius 1 is 1.15 bits per heavy atom. The van der Waals surface area contributed by atoms with Gasteiger partial charge in [0.15, 0.2) is 0 Å². The molecule has 4 rings (SSSR count). The van der Waals surface area contributed by atoms with Gasteiger partial charge in [-0.05, 0) is 55.4 Å². The monoisotopic (exact) mass is 356 g/mol. The minimum absolute atomic E-state index is 0.00152. The van der Waals surface area contributed by atoms with Crippen LogP contribution in [0.5, 0.6) is 0 Å². The van der Waals surface area contributed by atoms with Gasteiger partial charge < -0.3 is 14.9 Å². The van der Waals surface area contributed by atoms with Gasteiger partial charge in [-0.15, -0.1) is 0 Å². The van der Waals surface area contributed by atoms with E-state index in [2.05, 4.69) is 0 Å². The molecule has 3 unspecified atom stereocenters. The molecule has 0 radical (unpaired) electrons. The predicted octanol–water partition coefficient (Wildman–Crippen LogP) is 2.45. The first kappa shape index (κ1) is 17.1. The number of anilines is 1. The Hall–Kier alpha value is -2.37. The summed E-state index contributed by atoms with van der Waals surface area (Å²) in [5, 5.41) is 9.64. The van der Waals surface area contributed by atoms with Crippen LogP contribution in [0.4, 0.5) is 5.69 Å². The van der Waals surface area contributed by atoms with Crippen LogP contribution in [0.25, 0.3) is 0 Å². The Bertz CT molecular complexity index is 775. The van der Waals surface area contributed by atoms with Gasteiger partial charge >= 0.3 is 5.97 Å². The summed E-state index contributed by atoms with van der Waals surface area (Å²) >= 11 is 0. The molecular formula is C20H24N2O4. The predicted molar refractivity (Wildman–Crippen MR) is 96.1 cm³/mol. The Morgan fingerprint density at radius 3 is 2.65 bits per heavy atom. The number of carbonyl (C=O) groups excluding carboxylic acids is 2. The van der Waals surface area contributed by atoms with E-state index in [-0.39, 0.29) is 17.9 Å². The highest BCUT2D eigenvalue weighted by atomic mass is 16.4. The van der Waals surface area contributed by atoms with Crippen LogP contribution in [0.15, 0.2) is 18.2 Å². The highest BCUT2D eigenvalue weighted by Gasteiger charge is 2.47. The van der Waals surface area contributed by atoms with Crippen LogP contribution in [0.2, 0.25) is 0 Å². The van der Waals surface area contributed by atoms with Gasteiger partial charge in [0.2, 0.25) is 5.91 Å². The van der Waals surface area contributed by atoms with Crippen molar-refractivity contribution < 1.29 is 19.5 Å². The van der Waals surface area contributed by atoms with Gasteiger partial charge in [0, 0.05) is 30.8 Å². The third-order valence-corrected chi connectivity index (χ3v) is 6.21. The number of hydrogen-bond acceptors (Lipinski definition) is 3. The summed E-state index contributed by atoms with van der Waals surface area (Å²) in [4.78, 5) is 40.0. The number of nitrogens with zero attached hydrogens (tertiary/aromatic N) is 2. The van der Waals surface area contributed by atoms with E-state index >= 15 is 0 Å². The van der Waals surface area contributed by atoms with Crippen LogP contribution in [-0.4, -0.2) is 46.4 Å². The first-order valence-electron chi connectivity index (χ1n) is 9.44. The summed E-state index contributed by atoms with van der Waals surface area (Å²) in [5.41, 5.74) is 2.38. The molecule has 2 aliphatic heterocycles. The van der Waals surface area contributed by atoms with Crippen LogP contribution in [0, 0.1) is 5.92 Å². The molecule has 0 aromatic heterocycles. The van der Waals surface area contributed by atoms with E-state index in [4.69, 9.17) is 0 Å². The normalized spacial score (nSPS) is 27.2. The van der Waals surface area contributed by atoms with Crippen molar-refractivity contribution in [1.82, 2.24) is 4.90 Å². The van der Waals surface area contributed by atoms with E-state index < -0.39 is 12.0 Å². The van der Waals surface area contributed by atoms with Gasteiger partial charge in [0.05, 0.1) is 0 Å². The number of amides is 2. The van der Waals surface area contributed by atoms with Gasteiger partial charge in [-0.3, -0.25) is 9.59 Å². The Kier molecular flexibility index (Phi) is 4.21. The summed E-state index contributed by atoms with van der Waals surface area (Å²) in [7, 11) is 0. The molecule has 6 nitrogen and oxygen atoms in total. The number of benzene rings is 1. The van der Waals surface area contributed by atoms with E-state index in [1.807, 2.05) is 12.1 Å². The van der Waals surface area contributed by atoms with Crippen molar-refractivity contribution in [2.75, 3.05) is 11.4 Å². The summed E-state index contributed by atoms with van der Waals surface area (Å²) < 4.78 is 0. The fraction of sp³-hybridized carbons (Fsp3) is 0.550. The zero-order chi connectivity index (χ0) is 18.4. The standard InChI is InChI=1S/C20H24N2O4/c1-12(23)21-9-8-14-10-15(6-7-16(14)21)19(24)22-17-5-3-2-4-13(17)11-18(22)20(25)26/h6-7,10,13,17-18H,2-5,8-9,11H2,1H3,(H,25,26). The molecule has 2 heterocycles. The molecule has 0 spiro atoms. The van der Waals surface area contributed by atoms with Crippen molar-refractivity contribution in [3.63, 3.8) is 0 Å². The van der Waals surface area contributed by atoms with E-state index in [1.54, 1.807) is 22.8 Å². The van der Waals surface area contributed by atoms with Gasteiger partial charge in [-0.2, -0.15) is 0 Å². The van der Waals surface area contributed by atoms with Crippen molar-refractivity contribution in [2.45, 2.75) is 57.5 Å². The summed E-state index contributed by atoms with van der Waals surface area (Å²) in [5.74, 6) is -0.790. The SMILES string of the molecule is CC(=O)N1CCc2cc(C(=O)N3C(C(=O)O)CC4CCCCC43)ccc21. The maximum atomic E-state index is 13.2. The molecule has 1 saturated heterocycles. The van der Waals surface area contributed by atoms with E-state index in [0.29, 0.717) is 24.4 Å². The molecular weight excluding hydrogens is 332 g/mol. The van der Waals surface area contributed by atoms with Crippen molar-refractivity contribution in [3.8, 4) is 0 Å². The fourth-order valence-corrected chi connectivity index (χ4v) is 4.98. The molecule has 1 aromatic rings. The molecule has 6 heteroatoms. The van der Waals surface area contributed by atoms with Gasteiger partial charge in [-0.25, -0.2) is 4.79 Å². The smallest absolute Gasteiger partial charge is 0.326 e. The number of likely N-dealkylation sites (tertiary alicyclic amines) is 1. The number of carboxylic acids is 1. The minimum atomic E-state index is -0.906. The number of hydrogen-bond donors (Lipinski definition) is 1. The lowest BCUT2D eigenvalue weighted by Crippen LogP contribution is -2.46. The van der Waals surface area contributed by atoms with Crippen LogP contribution in [0.1, 0.15) is 54.9 Å². The summed E-state index contributed by atoms with van der Waals surface area (Å²) in [6.45, 7) is 2.17. The zero-order valence-corrected chi connectivity index (χ0v) is 15.0. The maximum Gasteiger partial charge on any atom is 0.326 e. The lowest BCUT2D eigenvalue weighted by molar-refractivity contribution is -0.141. The number of rotatable bonds is 2. The zero-order valence-electron chi connectivity index (χ0n) is 15.0. The van der Waals surface area contributed by atoms with Gasteiger partial charge in [0.1, 0.15) is 6.04 Å². The Balaban J connectivity index is 1.64. The van der Waals surface area contributed by atoms with E-state index in [1.165, 1.54) is 0 Å². The fourth-order valence-electron chi connectivity index (χ4n) is 4.98. The molecule has 1 aromatic carbocycles. The highest BCUT2D eigenvalue weighted by molar-refractivity contribution is 5.99. The second-order valence-electron chi connectivity index (χ2n) is 7.68. The summed E-state index contributed by atoms with van der Waals surface area (Å²) in [6, 6.07) is 4.71. The first-order chi connectivity index (χ1) is 12.5. The molecule has 2 fully saturated rings. The number of carbonyl (C=O) groups is 3. The van der Waals surface area contributed by atoms with Crippen molar-refractivity contribution >= 4 is 23.5 Å². The molecule has 2 amide bonds. The molecule has 3 atom stereocenters. The molecule has 1 saturated carbocycles. The lowest BCUT2D eigenvalue weighted by Gasteiger charge is -2.33. The second kappa shape index (κ2) is 6.41. The first-order valence-corrected chi connectivity index (χ1v) is 9.44.